The van der Waals surface area contributed by atoms with Gasteiger partial charge in [0.2, 0.25) is 16.2 Å². The van der Waals surface area contributed by atoms with E-state index in [4.69, 9.17) is 0 Å². The van der Waals surface area contributed by atoms with Gasteiger partial charge in [0, 0.05) is 5.39 Å². The largest absolute Gasteiger partial charge is 0.271 e. The summed E-state index contributed by atoms with van der Waals surface area (Å²) in [5, 5.41) is 4.18. The lowest BCUT2D eigenvalue weighted by atomic mass is 10.1. The van der Waals surface area contributed by atoms with E-state index in [1.54, 1.807) is 25.2 Å². The Morgan fingerprint density at radius 1 is 1.30 bits per heavy atom. The van der Waals surface area contributed by atoms with Crippen LogP contribution in [0.1, 0.15) is 24.2 Å². The van der Waals surface area contributed by atoms with E-state index in [0.717, 1.165) is 0 Å². The lowest BCUT2D eigenvalue weighted by Crippen LogP contribution is -2.39. The van der Waals surface area contributed by atoms with Crippen molar-refractivity contribution < 1.29 is 17.9 Å². The van der Waals surface area contributed by atoms with Crippen molar-refractivity contribution in [2.24, 2.45) is 7.05 Å². The molecule has 2 rings (SSSR count). The zero-order valence-corrected chi connectivity index (χ0v) is 12.3. The van der Waals surface area contributed by atoms with Gasteiger partial charge in [-0.05, 0) is 25.0 Å². The molecule has 0 bridgehead atoms. The first kappa shape index (κ1) is 14.4. The number of sulfonamides is 1. The molecule has 0 aliphatic rings. The molecule has 20 heavy (non-hydrogen) atoms. The Morgan fingerprint density at radius 3 is 2.60 bits per heavy atom. The van der Waals surface area contributed by atoms with Crippen molar-refractivity contribution in [1.29, 1.82) is 0 Å². The minimum atomic E-state index is -3.66. The topological polar surface area (TPSA) is 80.0 Å². The lowest BCUT2D eigenvalue weighted by Gasteiger charge is -2.09. The molecule has 0 aliphatic carbocycles. The van der Waals surface area contributed by atoms with Crippen molar-refractivity contribution in [3.8, 4) is 0 Å². The number of aryl methyl sites for hydroxylation is 1. The highest BCUT2D eigenvalue weighted by Gasteiger charge is 2.23. The predicted molar refractivity (Wildman–Crippen MR) is 74.4 cm³/mol. The molecule has 1 aromatic carbocycles. The van der Waals surface area contributed by atoms with Gasteiger partial charge in [-0.15, -0.1) is 0 Å². The number of nitrogens with one attached hydrogen (secondary N) is 1. The highest BCUT2D eigenvalue weighted by molar-refractivity contribution is 7.90. The van der Waals surface area contributed by atoms with Gasteiger partial charge in [0.25, 0.3) is 5.91 Å². The number of benzene rings is 1. The third-order valence-electron chi connectivity index (χ3n) is 2.88. The van der Waals surface area contributed by atoms with Crippen LogP contribution >= 0.6 is 0 Å². The standard InChI is InChI=1S/C13H15N3O3S/c1-9(2)20(18,19)15-13(17)11-8-16(3)14-12-7-5-4-6-10(11)12/h4-9H,1-3H3/p+1. The van der Waals surface area contributed by atoms with Gasteiger partial charge >= 0.3 is 0 Å². The number of hydrogen-bond acceptors (Lipinski definition) is 4. The first-order valence-electron chi connectivity index (χ1n) is 6.13. The maximum atomic E-state index is 12.2. The molecule has 0 unspecified atom stereocenters. The average molecular weight is 294 g/mol. The van der Waals surface area contributed by atoms with Gasteiger partial charge in [-0.3, -0.25) is 4.79 Å². The van der Waals surface area contributed by atoms with Crippen LogP contribution in [0.2, 0.25) is 0 Å². The molecule has 0 radical (unpaired) electrons. The first-order chi connectivity index (χ1) is 9.31. The van der Waals surface area contributed by atoms with Crippen molar-refractivity contribution >= 4 is 26.8 Å². The summed E-state index contributed by atoms with van der Waals surface area (Å²) >= 11 is 0. The van der Waals surface area contributed by atoms with Crippen LogP contribution in [-0.4, -0.2) is 24.7 Å². The van der Waals surface area contributed by atoms with Gasteiger partial charge < -0.3 is 0 Å². The molecule has 1 heterocycles. The molecular weight excluding hydrogens is 278 g/mol. The van der Waals surface area contributed by atoms with E-state index in [2.05, 4.69) is 9.82 Å². The second-order valence-corrected chi connectivity index (χ2v) is 7.00. The molecule has 2 aromatic rings. The zero-order valence-electron chi connectivity index (χ0n) is 11.5. The quantitative estimate of drug-likeness (QED) is 0.837. The summed E-state index contributed by atoms with van der Waals surface area (Å²) in [5.41, 5.74) is 0.909. The highest BCUT2D eigenvalue weighted by Crippen LogP contribution is 2.14. The van der Waals surface area contributed by atoms with Crippen molar-refractivity contribution in [1.82, 2.24) is 9.82 Å². The molecule has 1 N–H and O–H groups in total. The Hall–Kier alpha value is -2.02. The van der Waals surface area contributed by atoms with Crippen molar-refractivity contribution in [2.75, 3.05) is 0 Å². The third kappa shape index (κ3) is 2.77. The van der Waals surface area contributed by atoms with Gasteiger partial charge in [-0.2, -0.15) is 0 Å². The van der Waals surface area contributed by atoms with Crippen LogP contribution in [0.5, 0.6) is 0 Å². The third-order valence-corrected chi connectivity index (χ3v) is 4.59. The fourth-order valence-corrected chi connectivity index (χ4v) is 2.33. The summed E-state index contributed by atoms with van der Waals surface area (Å²) in [7, 11) is -1.98. The van der Waals surface area contributed by atoms with Gasteiger partial charge in [-0.1, -0.05) is 22.9 Å². The maximum Gasteiger partial charge on any atom is 0.271 e. The molecule has 1 aromatic heterocycles. The molecule has 1 amide bonds. The summed E-state index contributed by atoms with van der Waals surface area (Å²) in [6.45, 7) is 3.03. The molecule has 0 fully saturated rings. The van der Waals surface area contributed by atoms with Crippen molar-refractivity contribution in [3.63, 3.8) is 0 Å². The molecule has 0 saturated heterocycles. The lowest BCUT2D eigenvalue weighted by molar-refractivity contribution is -0.728. The number of carbonyl (C=O) groups is 1. The second-order valence-electron chi connectivity index (χ2n) is 4.76. The monoisotopic (exact) mass is 294 g/mol. The Balaban J connectivity index is 2.50. The Bertz CT molecular complexity index is 770. The molecule has 0 spiro atoms. The molecule has 0 saturated carbocycles. The number of nitrogens with zero attached hydrogens (tertiary/aromatic N) is 2. The smallest absolute Gasteiger partial charge is 0.268 e. The van der Waals surface area contributed by atoms with Gasteiger partial charge in [0.1, 0.15) is 11.1 Å². The summed E-state index contributed by atoms with van der Waals surface area (Å²) in [4.78, 5) is 12.2. The number of aromatic nitrogens is 2. The van der Waals surface area contributed by atoms with Crippen LogP contribution < -0.4 is 9.40 Å². The molecule has 7 heteroatoms. The van der Waals surface area contributed by atoms with Gasteiger partial charge in [0.15, 0.2) is 7.05 Å². The molecule has 6 nitrogen and oxygen atoms in total. The number of carbonyl (C=O) groups excluding carboxylic acids is 1. The van der Waals surface area contributed by atoms with E-state index >= 15 is 0 Å². The normalized spacial score (nSPS) is 11.8. The molecule has 0 atom stereocenters. The first-order valence-corrected chi connectivity index (χ1v) is 7.67. The molecule has 0 aliphatic heterocycles. The Labute approximate surface area is 117 Å². The van der Waals surface area contributed by atoms with E-state index in [-0.39, 0.29) is 5.56 Å². The van der Waals surface area contributed by atoms with Crippen LogP contribution in [0.3, 0.4) is 0 Å². The number of amides is 1. The van der Waals surface area contributed by atoms with E-state index in [0.29, 0.717) is 10.9 Å². The van der Waals surface area contributed by atoms with Crippen LogP contribution in [-0.2, 0) is 17.1 Å². The van der Waals surface area contributed by atoms with E-state index in [9.17, 15) is 13.2 Å². The predicted octanol–water partition coefficient (Wildman–Crippen LogP) is 0.527. The highest BCUT2D eigenvalue weighted by atomic mass is 32.2. The van der Waals surface area contributed by atoms with E-state index < -0.39 is 21.2 Å². The van der Waals surface area contributed by atoms with Crippen LogP contribution in [0.4, 0.5) is 0 Å². The van der Waals surface area contributed by atoms with Gasteiger partial charge in [-0.25, -0.2) is 13.1 Å². The Kier molecular flexibility index (Phi) is 3.71. The second kappa shape index (κ2) is 5.16. The summed E-state index contributed by atoms with van der Waals surface area (Å²) < 4.78 is 27.1. The van der Waals surface area contributed by atoms with Crippen LogP contribution in [0.25, 0.3) is 10.9 Å². The van der Waals surface area contributed by atoms with E-state index in [1.165, 1.54) is 24.7 Å². The molecular formula is C13H16N3O3S+. The summed E-state index contributed by atoms with van der Waals surface area (Å²) in [6, 6.07) is 7.09. The SMILES string of the molecule is CC(C)S(=O)(=O)NC(=O)c1c[n+](C)nc2ccccc12. The van der Waals surface area contributed by atoms with E-state index in [1.807, 2.05) is 6.07 Å². The zero-order chi connectivity index (χ0) is 14.9. The number of hydrogen-bond donors (Lipinski definition) is 1. The van der Waals surface area contributed by atoms with Crippen LogP contribution in [0.15, 0.2) is 30.5 Å². The number of fused-ring (bicyclic) bond motifs is 1. The Morgan fingerprint density at radius 2 is 1.95 bits per heavy atom. The fourth-order valence-electron chi connectivity index (χ4n) is 1.73. The summed E-state index contributed by atoms with van der Waals surface area (Å²) in [5.74, 6) is -0.645. The van der Waals surface area contributed by atoms with Gasteiger partial charge in [0.05, 0.1) is 5.25 Å². The molecule has 106 valence electrons. The fraction of sp³-hybridized carbons (Fsp3) is 0.308. The average Bonchev–Trinajstić information content (AvgIpc) is 2.36. The minimum absolute atomic E-state index is 0.280. The summed E-state index contributed by atoms with van der Waals surface area (Å²) in [6.07, 6.45) is 1.51. The van der Waals surface area contributed by atoms with Crippen LogP contribution in [0, 0.1) is 0 Å². The van der Waals surface area contributed by atoms with Crippen molar-refractivity contribution in [2.45, 2.75) is 19.1 Å². The number of rotatable bonds is 3. The maximum absolute atomic E-state index is 12.2. The van der Waals surface area contributed by atoms with Crippen molar-refractivity contribution in [3.05, 3.63) is 36.0 Å². The minimum Gasteiger partial charge on any atom is -0.268 e.